The molecule has 0 radical (unpaired) electrons. The Kier molecular flexibility index (Phi) is 5.77. The number of hydrogen-bond donors (Lipinski definition) is 2. The molecule has 1 amide bonds. The molecule has 2 N–H and O–H groups in total. The van der Waals surface area contributed by atoms with Crippen LogP contribution in [0.2, 0.25) is 0 Å². The van der Waals surface area contributed by atoms with Crippen LogP contribution >= 0.6 is 0 Å². The van der Waals surface area contributed by atoms with E-state index in [9.17, 15) is 9.59 Å². The molecule has 2 aromatic rings. The van der Waals surface area contributed by atoms with Gasteiger partial charge in [0, 0.05) is 29.1 Å². The molecule has 1 atom stereocenters. The Morgan fingerprint density at radius 1 is 1.24 bits per heavy atom. The Balaban J connectivity index is 2.00. The van der Waals surface area contributed by atoms with Gasteiger partial charge in [-0.15, -0.1) is 0 Å². The minimum Gasteiger partial charge on any atom is -0.353 e. The molecule has 1 unspecified atom stereocenters. The maximum absolute atomic E-state index is 12.4. The highest BCUT2D eigenvalue weighted by molar-refractivity contribution is 5.76. The molecule has 0 aliphatic rings. The molecular weight excluding hydrogens is 314 g/mol. The summed E-state index contributed by atoms with van der Waals surface area (Å²) >= 11 is 0. The Morgan fingerprint density at radius 3 is 2.48 bits per heavy atom. The van der Waals surface area contributed by atoms with Gasteiger partial charge in [-0.25, -0.2) is 4.98 Å². The van der Waals surface area contributed by atoms with Crippen LogP contribution in [0.3, 0.4) is 0 Å². The number of hydrogen-bond acceptors (Lipinski definition) is 3. The average molecular weight is 341 g/mol. The standard InChI is InChI=1S/C20H27N3O2/c1-13-17(19(25)23-15(3)21-13)11-12-18(24)22-14(2)20(4,5)16-9-7-6-8-10-16/h6-10,14H,11-12H2,1-5H3,(H,22,24)(H,21,23,25). The molecule has 1 heterocycles. The molecule has 5 heteroatoms. The third-order valence-corrected chi connectivity index (χ3v) is 4.92. The van der Waals surface area contributed by atoms with Crippen LogP contribution in [-0.2, 0) is 16.6 Å². The third kappa shape index (κ3) is 4.56. The molecule has 0 spiro atoms. The highest BCUT2D eigenvalue weighted by Gasteiger charge is 2.28. The van der Waals surface area contributed by atoms with Crippen molar-refractivity contribution in [1.82, 2.24) is 15.3 Å². The van der Waals surface area contributed by atoms with Gasteiger partial charge >= 0.3 is 0 Å². The first-order valence-electron chi connectivity index (χ1n) is 8.63. The Labute approximate surface area is 148 Å². The van der Waals surface area contributed by atoms with E-state index in [0.29, 0.717) is 23.5 Å². The molecule has 5 nitrogen and oxygen atoms in total. The van der Waals surface area contributed by atoms with Crippen molar-refractivity contribution in [1.29, 1.82) is 0 Å². The van der Waals surface area contributed by atoms with E-state index in [0.717, 1.165) is 0 Å². The van der Waals surface area contributed by atoms with Crippen LogP contribution in [0.4, 0.5) is 0 Å². The molecule has 2 rings (SSSR count). The van der Waals surface area contributed by atoms with Gasteiger partial charge in [-0.2, -0.15) is 0 Å². The minimum atomic E-state index is -0.185. The smallest absolute Gasteiger partial charge is 0.254 e. The summed E-state index contributed by atoms with van der Waals surface area (Å²) in [5, 5.41) is 3.07. The Hall–Kier alpha value is -2.43. The predicted octanol–water partition coefficient (Wildman–Crippen LogP) is 2.80. The van der Waals surface area contributed by atoms with Crippen molar-refractivity contribution < 1.29 is 4.79 Å². The zero-order valence-corrected chi connectivity index (χ0v) is 15.6. The summed E-state index contributed by atoms with van der Waals surface area (Å²) in [6.45, 7) is 9.79. The fourth-order valence-corrected chi connectivity index (χ4v) is 2.90. The number of nitrogens with zero attached hydrogens (tertiary/aromatic N) is 1. The largest absolute Gasteiger partial charge is 0.353 e. The van der Waals surface area contributed by atoms with Gasteiger partial charge in [-0.05, 0) is 32.8 Å². The highest BCUT2D eigenvalue weighted by Crippen LogP contribution is 2.26. The highest BCUT2D eigenvalue weighted by atomic mass is 16.1. The van der Waals surface area contributed by atoms with Crippen molar-refractivity contribution in [2.24, 2.45) is 0 Å². The van der Waals surface area contributed by atoms with E-state index in [-0.39, 0.29) is 29.3 Å². The first kappa shape index (κ1) is 18.9. The Bertz CT molecular complexity index is 794. The van der Waals surface area contributed by atoms with E-state index in [4.69, 9.17) is 0 Å². The van der Waals surface area contributed by atoms with E-state index in [1.54, 1.807) is 13.8 Å². The summed E-state index contributed by atoms with van der Waals surface area (Å²) in [6, 6.07) is 10.1. The van der Waals surface area contributed by atoms with Crippen LogP contribution in [0, 0.1) is 13.8 Å². The van der Waals surface area contributed by atoms with Crippen LogP contribution in [0.5, 0.6) is 0 Å². The number of carbonyl (C=O) groups is 1. The summed E-state index contributed by atoms with van der Waals surface area (Å²) in [5.41, 5.74) is 2.10. The quantitative estimate of drug-likeness (QED) is 0.848. The second-order valence-electron chi connectivity index (χ2n) is 7.09. The number of rotatable bonds is 6. The lowest BCUT2D eigenvalue weighted by molar-refractivity contribution is -0.122. The van der Waals surface area contributed by atoms with Gasteiger partial charge < -0.3 is 10.3 Å². The lowest BCUT2D eigenvalue weighted by atomic mass is 9.78. The number of carbonyl (C=O) groups excluding carboxylic acids is 1. The van der Waals surface area contributed by atoms with Crippen LogP contribution < -0.4 is 10.9 Å². The van der Waals surface area contributed by atoms with Crippen molar-refractivity contribution in [2.45, 2.75) is 58.9 Å². The lowest BCUT2D eigenvalue weighted by Crippen LogP contribution is -2.45. The van der Waals surface area contributed by atoms with Crippen molar-refractivity contribution >= 4 is 5.91 Å². The molecule has 134 valence electrons. The predicted molar refractivity (Wildman–Crippen MR) is 99.7 cm³/mol. The van der Waals surface area contributed by atoms with Crippen LogP contribution in [0.15, 0.2) is 35.1 Å². The van der Waals surface area contributed by atoms with E-state index in [1.165, 1.54) is 5.56 Å². The molecule has 1 aromatic heterocycles. The molecule has 0 fully saturated rings. The molecule has 25 heavy (non-hydrogen) atoms. The number of benzene rings is 1. The molecule has 1 aromatic carbocycles. The van der Waals surface area contributed by atoms with E-state index in [1.807, 2.05) is 25.1 Å². The van der Waals surface area contributed by atoms with Gasteiger partial charge in [0.2, 0.25) is 5.91 Å². The summed E-state index contributed by atoms with van der Waals surface area (Å²) in [7, 11) is 0. The topological polar surface area (TPSA) is 74.8 Å². The second-order valence-corrected chi connectivity index (χ2v) is 7.09. The SMILES string of the molecule is Cc1nc(C)c(CCC(=O)NC(C)C(C)(C)c2ccccc2)c(=O)[nH]1. The fraction of sp³-hybridized carbons (Fsp3) is 0.450. The maximum atomic E-state index is 12.4. The first-order chi connectivity index (χ1) is 11.7. The van der Waals surface area contributed by atoms with Crippen molar-refractivity contribution in [3.05, 3.63) is 63.3 Å². The number of amides is 1. The zero-order chi connectivity index (χ0) is 18.6. The first-order valence-corrected chi connectivity index (χ1v) is 8.63. The van der Waals surface area contributed by atoms with E-state index < -0.39 is 0 Å². The van der Waals surface area contributed by atoms with Crippen LogP contribution in [0.1, 0.15) is 49.8 Å². The van der Waals surface area contributed by atoms with Crippen molar-refractivity contribution in [3.8, 4) is 0 Å². The molecule has 0 aliphatic heterocycles. The van der Waals surface area contributed by atoms with Gasteiger partial charge in [0.05, 0.1) is 0 Å². The lowest BCUT2D eigenvalue weighted by Gasteiger charge is -2.33. The minimum absolute atomic E-state index is 0.0297. The van der Waals surface area contributed by atoms with Crippen LogP contribution in [-0.4, -0.2) is 21.9 Å². The van der Waals surface area contributed by atoms with E-state index >= 15 is 0 Å². The average Bonchev–Trinajstić information content (AvgIpc) is 2.54. The fourth-order valence-electron chi connectivity index (χ4n) is 2.90. The maximum Gasteiger partial charge on any atom is 0.254 e. The molecule has 0 saturated heterocycles. The van der Waals surface area contributed by atoms with Crippen LogP contribution in [0.25, 0.3) is 0 Å². The summed E-state index contributed by atoms with van der Waals surface area (Å²) < 4.78 is 0. The monoisotopic (exact) mass is 341 g/mol. The number of aryl methyl sites for hydroxylation is 2. The second kappa shape index (κ2) is 7.64. The molecule has 0 bridgehead atoms. The summed E-state index contributed by atoms with van der Waals surface area (Å²) in [4.78, 5) is 31.3. The number of aromatic amines is 1. The van der Waals surface area contributed by atoms with Gasteiger partial charge in [0.15, 0.2) is 0 Å². The summed E-state index contributed by atoms with van der Waals surface area (Å²) in [5.74, 6) is 0.532. The number of nitrogens with one attached hydrogen (secondary N) is 2. The molecular formula is C20H27N3O2. The zero-order valence-electron chi connectivity index (χ0n) is 15.6. The molecule has 0 saturated carbocycles. The molecule has 0 aliphatic carbocycles. The number of H-pyrrole nitrogens is 1. The van der Waals surface area contributed by atoms with Gasteiger partial charge in [0.1, 0.15) is 5.82 Å². The third-order valence-electron chi connectivity index (χ3n) is 4.92. The number of aromatic nitrogens is 2. The summed E-state index contributed by atoms with van der Waals surface area (Å²) in [6.07, 6.45) is 0.655. The van der Waals surface area contributed by atoms with E-state index in [2.05, 4.69) is 41.3 Å². The van der Waals surface area contributed by atoms with Gasteiger partial charge in [-0.3, -0.25) is 9.59 Å². The van der Waals surface area contributed by atoms with Crippen molar-refractivity contribution in [3.63, 3.8) is 0 Å². The van der Waals surface area contributed by atoms with Gasteiger partial charge in [0.25, 0.3) is 5.56 Å². The normalized spacial score (nSPS) is 12.7. The van der Waals surface area contributed by atoms with Crippen molar-refractivity contribution in [2.75, 3.05) is 0 Å². The Morgan fingerprint density at radius 2 is 1.88 bits per heavy atom. The van der Waals surface area contributed by atoms with Gasteiger partial charge in [-0.1, -0.05) is 44.2 Å².